The first kappa shape index (κ1) is 20.4. The van der Waals surface area contributed by atoms with E-state index < -0.39 is 0 Å². The van der Waals surface area contributed by atoms with Crippen molar-refractivity contribution in [3.8, 4) is 0 Å². The van der Waals surface area contributed by atoms with Crippen LogP contribution in [0.15, 0.2) is 42.5 Å². The molecule has 2 N–H and O–H groups in total. The van der Waals surface area contributed by atoms with Gasteiger partial charge in [-0.2, -0.15) is 0 Å². The SMILES string of the molecule is O=C(NCc1ccc(F)cc1)c1cc(NC(=O)C2CCCC2)ccc1N1CCCC1. The standard InChI is InChI=1S/C24H28FN3O2/c25-19-9-7-17(8-10-19)16-26-24(30)21-15-20(27-23(29)18-5-1-2-6-18)11-12-22(21)28-13-3-4-14-28/h7-12,15,18H,1-6,13-14,16H2,(H,26,30)(H,27,29). The Morgan fingerprint density at radius 3 is 2.37 bits per heavy atom. The Morgan fingerprint density at radius 1 is 0.967 bits per heavy atom. The number of benzene rings is 2. The Hall–Kier alpha value is -2.89. The van der Waals surface area contributed by atoms with Crippen LogP contribution in [0.2, 0.25) is 0 Å². The van der Waals surface area contributed by atoms with Gasteiger partial charge in [0.05, 0.1) is 5.56 Å². The zero-order chi connectivity index (χ0) is 20.9. The average molecular weight is 410 g/mol. The number of hydrogen-bond acceptors (Lipinski definition) is 3. The second-order valence-corrected chi connectivity index (χ2v) is 8.21. The van der Waals surface area contributed by atoms with Crippen molar-refractivity contribution in [1.29, 1.82) is 0 Å². The van der Waals surface area contributed by atoms with Crippen molar-refractivity contribution in [2.75, 3.05) is 23.3 Å². The van der Waals surface area contributed by atoms with Gasteiger partial charge in [0.15, 0.2) is 0 Å². The second-order valence-electron chi connectivity index (χ2n) is 8.21. The quantitative estimate of drug-likeness (QED) is 0.739. The lowest BCUT2D eigenvalue weighted by Crippen LogP contribution is -2.28. The molecule has 6 heteroatoms. The maximum Gasteiger partial charge on any atom is 0.253 e. The summed E-state index contributed by atoms with van der Waals surface area (Å²) < 4.78 is 13.1. The van der Waals surface area contributed by atoms with Crippen LogP contribution in [-0.4, -0.2) is 24.9 Å². The highest BCUT2D eigenvalue weighted by molar-refractivity contribution is 6.02. The summed E-state index contributed by atoms with van der Waals surface area (Å²) in [6.07, 6.45) is 6.28. The molecule has 0 atom stereocenters. The van der Waals surface area contributed by atoms with Crippen LogP contribution in [0.5, 0.6) is 0 Å². The van der Waals surface area contributed by atoms with E-state index in [1.165, 1.54) is 12.1 Å². The molecule has 2 aliphatic rings. The maximum absolute atomic E-state index is 13.1. The average Bonchev–Trinajstić information content (AvgIpc) is 3.47. The molecule has 0 aromatic heterocycles. The normalized spacial score (nSPS) is 16.6. The Morgan fingerprint density at radius 2 is 1.67 bits per heavy atom. The van der Waals surface area contributed by atoms with Crippen LogP contribution in [0.4, 0.5) is 15.8 Å². The van der Waals surface area contributed by atoms with Gasteiger partial charge in [-0.05, 0) is 61.6 Å². The summed E-state index contributed by atoms with van der Waals surface area (Å²) in [6.45, 7) is 2.16. The molecule has 2 amide bonds. The van der Waals surface area contributed by atoms with Gasteiger partial charge < -0.3 is 15.5 Å². The van der Waals surface area contributed by atoms with E-state index >= 15 is 0 Å². The van der Waals surface area contributed by atoms with Crippen molar-refractivity contribution < 1.29 is 14.0 Å². The van der Waals surface area contributed by atoms with Gasteiger partial charge in [0.1, 0.15) is 5.82 Å². The predicted octanol–water partition coefficient (Wildman–Crippen LogP) is 4.48. The number of anilines is 2. The zero-order valence-corrected chi connectivity index (χ0v) is 17.1. The number of nitrogens with one attached hydrogen (secondary N) is 2. The van der Waals surface area contributed by atoms with Crippen molar-refractivity contribution in [1.82, 2.24) is 5.32 Å². The van der Waals surface area contributed by atoms with Crippen LogP contribution in [0, 0.1) is 11.7 Å². The number of halogens is 1. The molecule has 0 unspecified atom stereocenters. The van der Waals surface area contributed by atoms with Crippen molar-refractivity contribution in [2.45, 2.75) is 45.1 Å². The third-order valence-electron chi connectivity index (χ3n) is 6.05. The molecule has 0 spiro atoms. The van der Waals surface area contributed by atoms with E-state index in [0.29, 0.717) is 17.8 Å². The van der Waals surface area contributed by atoms with Gasteiger partial charge in [-0.15, -0.1) is 0 Å². The van der Waals surface area contributed by atoms with E-state index in [0.717, 1.165) is 62.9 Å². The minimum atomic E-state index is -0.299. The van der Waals surface area contributed by atoms with Crippen LogP contribution in [0.1, 0.15) is 54.4 Å². The third-order valence-corrected chi connectivity index (χ3v) is 6.05. The summed E-state index contributed by atoms with van der Waals surface area (Å²) in [6, 6.07) is 11.7. The van der Waals surface area contributed by atoms with Gasteiger partial charge in [0.25, 0.3) is 5.91 Å². The minimum Gasteiger partial charge on any atom is -0.371 e. The topological polar surface area (TPSA) is 61.4 Å². The summed E-state index contributed by atoms with van der Waals surface area (Å²) in [5.41, 5.74) is 2.94. The van der Waals surface area contributed by atoms with E-state index in [-0.39, 0.29) is 23.5 Å². The zero-order valence-electron chi connectivity index (χ0n) is 17.1. The number of hydrogen-bond donors (Lipinski definition) is 2. The van der Waals surface area contributed by atoms with Crippen molar-refractivity contribution in [2.24, 2.45) is 5.92 Å². The van der Waals surface area contributed by atoms with Crippen LogP contribution in [0.3, 0.4) is 0 Å². The van der Waals surface area contributed by atoms with E-state index in [1.807, 2.05) is 12.1 Å². The summed E-state index contributed by atoms with van der Waals surface area (Å²) in [5.74, 6) is -0.386. The fraction of sp³-hybridized carbons (Fsp3) is 0.417. The largest absolute Gasteiger partial charge is 0.371 e. The van der Waals surface area contributed by atoms with Crippen LogP contribution in [0.25, 0.3) is 0 Å². The highest BCUT2D eigenvalue weighted by Gasteiger charge is 2.24. The maximum atomic E-state index is 13.1. The first-order chi connectivity index (χ1) is 14.6. The number of nitrogens with zero attached hydrogens (tertiary/aromatic N) is 1. The molecule has 2 aromatic rings. The van der Waals surface area contributed by atoms with Gasteiger partial charge >= 0.3 is 0 Å². The van der Waals surface area contributed by atoms with Crippen LogP contribution < -0.4 is 15.5 Å². The first-order valence-electron chi connectivity index (χ1n) is 10.8. The van der Waals surface area contributed by atoms with Crippen LogP contribution in [-0.2, 0) is 11.3 Å². The van der Waals surface area contributed by atoms with E-state index in [9.17, 15) is 14.0 Å². The molecule has 0 bridgehead atoms. The molecule has 0 radical (unpaired) electrons. The summed E-state index contributed by atoms with van der Waals surface area (Å²) >= 11 is 0. The first-order valence-corrected chi connectivity index (χ1v) is 10.8. The number of carbonyl (C=O) groups is 2. The Kier molecular flexibility index (Phi) is 6.31. The monoisotopic (exact) mass is 409 g/mol. The summed E-state index contributed by atoms with van der Waals surface area (Å²) in [7, 11) is 0. The third kappa shape index (κ3) is 4.81. The highest BCUT2D eigenvalue weighted by atomic mass is 19.1. The van der Waals surface area contributed by atoms with E-state index in [2.05, 4.69) is 15.5 Å². The highest BCUT2D eigenvalue weighted by Crippen LogP contribution is 2.30. The van der Waals surface area contributed by atoms with Crippen molar-refractivity contribution >= 4 is 23.2 Å². The fourth-order valence-corrected chi connectivity index (χ4v) is 4.34. The predicted molar refractivity (Wildman–Crippen MR) is 116 cm³/mol. The molecular weight excluding hydrogens is 381 g/mol. The molecule has 2 fully saturated rings. The van der Waals surface area contributed by atoms with Gasteiger partial charge in [-0.25, -0.2) is 4.39 Å². The smallest absolute Gasteiger partial charge is 0.253 e. The van der Waals surface area contributed by atoms with Gasteiger partial charge in [0, 0.05) is 36.9 Å². The molecule has 1 saturated heterocycles. The van der Waals surface area contributed by atoms with Crippen LogP contribution >= 0.6 is 0 Å². The number of rotatable bonds is 6. The number of amides is 2. The molecule has 30 heavy (non-hydrogen) atoms. The lowest BCUT2D eigenvalue weighted by molar-refractivity contribution is -0.119. The molecule has 4 rings (SSSR count). The van der Waals surface area contributed by atoms with Crippen molar-refractivity contribution in [3.63, 3.8) is 0 Å². The molecule has 1 aliphatic carbocycles. The Balaban J connectivity index is 1.51. The lowest BCUT2D eigenvalue weighted by Gasteiger charge is -2.22. The second kappa shape index (κ2) is 9.28. The Bertz CT molecular complexity index is 901. The van der Waals surface area contributed by atoms with Gasteiger partial charge in [0.2, 0.25) is 5.91 Å². The molecule has 158 valence electrons. The molecule has 2 aromatic carbocycles. The minimum absolute atomic E-state index is 0.0408. The van der Waals surface area contributed by atoms with Gasteiger partial charge in [-0.3, -0.25) is 9.59 Å². The molecule has 5 nitrogen and oxygen atoms in total. The fourth-order valence-electron chi connectivity index (χ4n) is 4.34. The van der Waals surface area contributed by atoms with E-state index in [4.69, 9.17) is 0 Å². The van der Waals surface area contributed by atoms with Gasteiger partial charge in [-0.1, -0.05) is 25.0 Å². The molecule has 1 heterocycles. The summed E-state index contributed by atoms with van der Waals surface area (Å²) in [4.78, 5) is 27.8. The summed E-state index contributed by atoms with van der Waals surface area (Å²) in [5, 5.41) is 5.93. The van der Waals surface area contributed by atoms with E-state index in [1.54, 1.807) is 18.2 Å². The Labute approximate surface area is 176 Å². The lowest BCUT2D eigenvalue weighted by atomic mass is 10.1. The van der Waals surface area contributed by atoms with Crippen molar-refractivity contribution in [3.05, 3.63) is 59.4 Å². The molecule has 1 aliphatic heterocycles. The molecular formula is C24H28FN3O2. The molecule has 1 saturated carbocycles. The number of carbonyl (C=O) groups excluding carboxylic acids is 2.